The number of carbonyl (C=O) groups is 2. The van der Waals surface area contributed by atoms with Crippen molar-refractivity contribution in [2.75, 3.05) is 6.26 Å². The number of fused-ring (bicyclic) bond motifs is 1. The average Bonchev–Trinajstić information content (AvgIpc) is 3.08. The molecule has 5 nitrogen and oxygen atoms in total. The van der Waals surface area contributed by atoms with Gasteiger partial charge >= 0.3 is 0 Å². The molecular weight excluding hydrogens is 404 g/mol. The van der Waals surface area contributed by atoms with Crippen LogP contribution in [0.2, 0.25) is 0 Å². The highest BCUT2D eigenvalue weighted by atomic mass is 32.2. The summed E-state index contributed by atoms with van der Waals surface area (Å²) in [6, 6.07) is 8.91. The minimum atomic E-state index is -0.979. The highest BCUT2D eigenvalue weighted by Crippen LogP contribution is 2.40. The summed E-state index contributed by atoms with van der Waals surface area (Å²) < 4.78 is 11.4. The second-order valence-electron chi connectivity index (χ2n) is 8.69. The Balaban J connectivity index is 1.61. The van der Waals surface area contributed by atoms with Gasteiger partial charge < -0.3 is 0 Å². The van der Waals surface area contributed by atoms with E-state index in [2.05, 4.69) is 31.6 Å². The lowest BCUT2D eigenvalue weighted by molar-refractivity contribution is 0.0849. The molecule has 0 radical (unpaired) electrons. The van der Waals surface area contributed by atoms with Gasteiger partial charge in [0.1, 0.15) is 0 Å². The Bertz CT molecular complexity index is 944. The first-order valence-electron chi connectivity index (χ1n) is 9.74. The number of benzene rings is 1. The Morgan fingerprint density at radius 3 is 2.59 bits per heavy atom. The first kappa shape index (κ1) is 21.7. The number of hydrazine groups is 1. The van der Waals surface area contributed by atoms with Gasteiger partial charge in [0.15, 0.2) is 0 Å². The number of nitrogens with one attached hydrogen (secondary N) is 2. The van der Waals surface area contributed by atoms with Gasteiger partial charge in [0, 0.05) is 33.2 Å². The van der Waals surface area contributed by atoms with Gasteiger partial charge in [-0.05, 0) is 59.9 Å². The summed E-state index contributed by atoms with van der Waals surface area (Å²) in [5.74, 6) is 0.320. The van der Waals surface area contributed by atoms with Crippen LogP contribution in [0.4, 0.5) is 0 Å². The molecule has 0 bridgehead atoms. The third kappa shape index (κ3) is 5.54. The molecule has 2 N–H and O–H groups in total. The minimum absolute atomic E-state index is 0.259. The molecule has 0 saturated heterocycles. The zero-order valence-electron chi connectivity index (χ0n) is 17.3. The Hall–Kier alpha value is -1.99. The van der Waals surface area contributed by atoms with Gasteiger partial charge in [0.25, 0.3) is 11.8 Å². The molecule has 2 aromatic rings. The molecule has 1 aromatic carbocycles. The first-order chi connectivity index (χ1) is 13.6. The lowest BCUT2D eigenvalue weighted by Crippen LogP contribution is -2.41. The molecule has 1 aliphatic rings. The van der Waals surface area contributed by atoms with E-state index in [1.165, 1.54) is 21.8 Å². The molecule has 2 atom stereocenters. The molecule has 0 fully saturated rings. The summed E-state index contributed by atoms with van der Waals surface area (Å²) in [7, 11) is -0.979. The fourth-order valence-electron chi connectivity index (χ4n) is 3.66. The van der Waals surface area contributed by atoms with Gasteiger partial charge in [-0.3, -0.25) is 24.6 Å². The van der Waals surface area contributed by atoms with Crippen molar-refractivity contribution in [2.45, 2.75) is 45.8 Å². The standard InChI is InChI=1S/C22H28N2O3S2/c1-22(2,3)17-8-9-18-16(11-17)12-19(28-18)21(26)24-23-20(25)15-7-5-6-14(10-15)13-29(4)27/h5-7,10,12,17H,8-9,11,13H2,1-4H3,(H,23,25)(H,24,26). The van der Waals surface area contributed by atoms with Gasteiger partial charge in [-0.1, -0.05) is 32.9 Å². The van der Waals surface area contributed by atoms with Crippen LogP contribution >= 0.6 is 11.3 Å². The molecule has 1 aliphatic carbocycles. The van der Waals surface area contributed by atoms with Crippen LogP contribution in [0, 0.1) is 11.3 Å². The maximum atomic E-state index is 12.5. The lowest BCUT2D eigenvalue weighted by Gasteiger charge is -2.33. The number of hydrogen-bond donors (Lipinski definition) is 2. The number of rotatable bonds is 4. The van der Waals surface area contributed by atoms with Crippen LogP contribution in [0.25, 0.3) is 0 Å². The SMILES string of the molecule is CS(=O)Cc1cccc(C(=O)NNC(=O)c2cc3c(s2)CCC(C(C)(C)C)C3)c1. The summed E-state index contributed by atoms with van der Waals surface area (Å²) in [5, 5.41) is 0. The summed E-state index contributed by atoms with van der Waals surface area (Å²) in [5.41, 5.74) is 7.77. The topological polar surface area (TPSA) is 75.3 Å². The van der Waals surface area contributed by atoms with E-state index in [9.17, 15) is 13.8 Å². The van der Waals surface area contributed by atoms with Crippen LogP contribution in [0.3, 0.4) is 0 Å². The Labute approximate surface area is 178 Å². The van der Waals surface area contributed by atoms with Crippen LogP contribution in [0.15, 0.2) is 30.3 Å². The maximum absolute atomic E-state index is 12.5. The van der Waals surface area contributed by atoms with Crippen molar-refractivity contribution in [3.05, 3.63) is 56.8 Å². The van der Waals surface area contributed by atoms with Crippen LogP contribution in [0.5, 0.6) is 0 Å². The molecule has 29 heavy (non-hydrogen) atoms. The van der Waals surface area contributed by atoms with Crippen LogP contribution in [-0.2, 0) is 29.4 Å². The predicted octanol–water partition coefficient (Wildman–Crippen LogP) is 3.85. The van der Waals surface area contributed by atoms with Crippen molar-refractivity contribution in [2.24, 2.45) is 11.3 Å². The molecule has 0 spiro atoms. The number of thiophene rings is 1. The minimum Gasteiger partial charge on any atom is -0.267 e. The van der Waals surface area contributed by atoms with E-state index in [0.717, 1.165) is 24.8 Å². The van der Waals surface area contributed by atoms with Crippen LogP contribution in [0.1, 0.15) is 63.2 Å². The zero-order chi connectivity index (χ0) is 21.2. The van der Waals surface area contributed by atoms with Crippen molar-refractivity contribution in [1.29, 1.82) is 0 Å². The van der Waals surface area contributed by atoms with Gasteiger partial charge in [-0.2, -0.15) is 0 Å². The van der Waals surface area contributed by atoms with Gasteiger partial charge in [-0.15, -0.1) is 11.3 Å². The van der Waals surface area contributed by atoms with Gasteiger partial charge in [0.05, 0.1) is 4.88 Å². The Morgan fingerprint density at radius 2 is 1.90 bits per heavy atom. The summed E-state index contributed by atoms with van der Waals surface area (Å²) >= 11 is 1.52. The molecule has 2 unspecified atom stereocenters. The fourth-order valence-corrected chi connectivity index (χ4v) is 5.41. The Kier molecular flexibility index (Phi) is 6.58. The first-order valence-corrected chi connectivity index (χ1v) is 12.3. The van der Waals surface area contributed by atoms with E-state index in [4.69, 9.17) is 0 Å². The maximum Gasteiger partial charge on any atom is 0.279 e. The summed E-state index contributed by atoms with van der Waals surface area (Å²) in [6.45, 7) is 6.81. The van der Waals surface area contributed by atoms with Crippen molar-refractivity contribution in [1.82, 2.24) is 10.9 Å². The smallest absolute Gasteiger partial charge is 0.267 e. The average molecular weight is 433 g/mol. The fraction of sp³-hybridized carbons (Fsp3) is 0.455. The number of hydrogen-bond acceptors (Lipinski definition) is 4. The molecule has 0 aliphatic heterocycles. The predicted molar refractivity (Wildman–Crippen MR) is 118 cm³/mol. The quantitative estimate of drug-likeness (QED) is 0.721. The van der Waals surface area contributed by atoms with E-state index >= 15 is 0 Å². The van der Waals surface area contributed by atoms with E-state index in [-0.39, 0.29) is 11.3 Å². The van der Waals surface area contributed by atoms with E-state index in [1.807, 2.05) is 12.1 Å². The van der Waals surface area contributed by atoms with Gasteiger partial charge in [-0.25, -0.2) is 0 Å². The second-order valence-corrected chi connectivity index (χ2v) is 11.3. The Morgan fingerprint density at radius 1 is 1.17 bits per heavy atom. The highest BCUT2D eigenvalue weighted by Gasteiger charge is 2.30. The molecule has 0 saturated carbocycles. The van der Waals surface area contributed by atoms with E-state index in [1.54, 1.807) is 24.5 Å². The largest absolute Gasteiger partial charge is 0.279 e. The van der Waals surface area contributed by atoms with E-state index in [0.29, 0.717) is 22.1 Å². The summed E-state index contributed by atoms with van der Waals surface area (Å²) in [4.78, 5) is 26.8. The number of carbonyl (C=O) groups excluding carboxylic acids is 2. The number of aryl methyl sites for hydroxylation is 1. The van der Waals surface area contributed by atoms with Crippen molar-refractivity contribution in [3.63, 3.8) is 0 Å². The van der Waals surface area contributed by atoms with Crippen molar-refractivity contribution < 1.29 is 13.8 Å². The second kappa shape index (κ2) is 8.79. The third-order valence-corrected chi connectivity index (χ3v) is 7.36. The third-order valence-electron chi connectivity index (χ3n) is 5.38. The molecule has 1 aromatic heterocycles. The molecule has 3 rings (SSSR count). The van der Waals surface area contributed by atoms with Gasteiger partial charge in [0.2, 0.25) is 0 Å². The monoisotopic (exact) mass is 432 g/mol. The molecule has 7 heteroatoms. The van der Waals surface area contributed by atoms with Crippen molar-refractivity contribution >= 4 is 34.0 Å². The summed E-state index contributed by atoms with van der Waals surface area (Å²) in [6.07, 6.45) is 4.78. The molecule has 1 heterocycles. The normalized spacial score (nSPS) is 17.3. The molecule has 2 amide bonds. The zero-order valence-corrected chi connectivity index (χ0v) is 19.0. The van der Waals surface area contributed by atoms with Crippen LogP contribution in [-0.4, -0.2) is 22.3 Å². The highest BCUT2D eigenvalue weighted by molar-refractivity contribution is 7.83. The van der Waals surface area contributed by atoms with Crippen molar-refractivity contribution in [3.8, 4) is 0 Å². The van der Waals surface area contributed by atoms with E-state index < -0.39 is 16.7 Å². The molecule has 156 valence electrons. The number of amides is 2. The van der Waals surface area contributed by atoms with Crippen LogP contribution < -0.4 is 10.9 Å². The molecular formula is C22H28N2O3S2. The lowest BCUT2D eigenvalue weighted by atomic mass is 9.72.